The highest BCUT2D eigenvalue weighted by Gasteiger charge is 2.35. The number of amides is 3. The van der Waals surface area contributed by atoms with E-state index in [0.717, 1.165) is 0 Å². The number of carbonyl (C=O) groups excluding carboxylic acids is 3. The van der Waals surface area contributed by atoms with E-state index in [1.54, 1.807) is 17.5 Å². The molecule has 0 aliphatic carbocycles. The van der Waals surface area contributed by atoms with Gasteiger partial charge >= 0.3 is 0 Å². The second kappa shape index (κ2) is 6.79. The average Bonchev–Trinajstić information content (AvgIpc) is 3.23. The van der Waals surface area contributed by atoms with Crippen LogP contribution in [-0.2, 0) is 9.59 Å². The molecule has 0 saturated carbocycles. The standard InChI is InChI=1S/C16H14FN3O3S/c17-11-3-5-12(6-4-11)20-9-10(8-14(20)21)15(22)18-19-16(23)13-2-1-7-24-13/h1-7,10H,8-9H2,(H,18,22)(H,19,23)/t10-/m0/s1. The minimum atomic E-state index is -0.578. The molecular formula is C16H14FN3O3S. The zero-order valence-electron chi connectivity index (χ0n) is 12.5. The number of nitrogens with one attached hydrogen (secondary N) is 2. The smallest absolute Gasteiger partial charge is 0.279 e. The number of hydrazine groups is 1. The van der Waals surface area contributed by atoms with Crippen LogP contribution in [0.4, 0.5) is 10.1 Å². The van der Waals surface area contributed by atoms with Gasteiger partial charge < -0.3 is 4.90 Å². The highest BCUT2D eigenvalue weighted by molar-refractivity contribution is 7.12. The molecule has 0 spiro atoms. The SMILES string of the molecule is O=C(NNC(=O)[C@H]1CC(=O)N(c2ccc(F)cc2)C1)c1cccs1. The topological polar surface area (TPSA) is 78.5 Å². The summed E-state index contributed by atoms with van der Waals surface area (Å²) in [4.78, 5) is 37.9. The largest absolute Gasteiger partial charge is 0.312 e. The Morgan fingerprint density at radius 2 is 1.92 bits per heavy atom. The van der Waals surface area contributed by atoms with Crippen molar-refractivity contribution in [1.82, 2.24) is 10.9 Å². The Balaban J connectivity index is 1.58. The molecule has 2 heterocycles. The lowest BCUT2D eigenvalue weighted by Gasteiger charge is -2.16. The van der Waals surface area contributed by atoms with Crippen molar-refractivity contribution < 1.29 is 18.8 Å². The molecule has 0 radical (unpaired) electrons. The average molecular weight is 347 g/mol. The summed E-state index contributed by atoms with van der Waals surface area (Å²) in [6, 6.07) is 8.88. The van der Waals surface area contributed by atoms with Crippen LogP contribution < -0.4 is 15.8 Å². The van der Waals surface area contributed by atoms with Gasteiger partial charge in [-0.2, -0.15) is 0 Å². The molecule has 1 aromatic heterocycles. The highest BCUT2D eigenvalue weighted by atomic mass is 32.1. The summed E-state index contributed by atoms with van der Waals surface area (Å²) in [6.07, 6.45) is 0.0398. The maximum atomic E-state index is 13.0. The second-order valence-corrected chi connectivity index (χ2v) is 6.25. The Kier molecular flexibility index (Phi) is 4.57. The summed E-state index contributed by atoms with van der Waals surface area (Å²) in [5.74, 6) is -2.02. The maximum Gasteiger partial charge on any atom is 0.279 e. The number of rotatable bonds is 3. The van der Waals surface area contributed by atoms with Gasteiger partial charge in [0.05, 0.1) is 10.8 Å². The number of thiophene rings is 1. The van der Waals surface area contributed by atoms with E-state index in [-0.39, 0.29) is 18.9 Å². The molecule has 2 aromatic rings. The predicted octanol–water partition coefficient (Wildman–Crippen LogP) is 1.70. The molecule has 1 aliphatic rings. The Morgan fingerprint density at radius 3 is 2.58 bits per heavy atom. The number of carbonyl (C=O) groups is 3. The maximum absolute atomic E-state index is 13.0. The first kappa shape index (κ1) is 16.1. The van der Waals surface area contributed by atoms with E-state index >= 15 is 0 Å². The van der Waals surface area contributed by atoms with E-state index in [0.29, 0.717) is 10.6 Å². The van der Waals surface area contributed by atoms with Gasteiger partial charge in [-0.3, -0.25) is 25.2 Å². The van der Waals surface area contributed by atoms with Gasteiger partial charge in [-0.1, -0.05) is 6.07 Å². The Hall–Kier alpha value is -2.74. The fraction of sp³-hybridized carbons (Fsp3) is 0.188. The normalized spacial score (nSPS) is 17.0. The van der Waals surface area contributed by atoms with Crippen molar-refractivity contribution >= 4 is 34.7 Å². The van der Waals surface area contributed by atoms with Gasteiger partial charge in [0.15, 0.2) is 0 Å². The molecule has 1 fully saturated rings. The third-order valence-electron chi connectivity index (χ3n) is 3.68. The van der Waals surface area contributed by atoms with Crippen LogP contribution in [-0.4, -0.2) is 24.3 Å². The quantitative estimate of drug-likeness (QED) is 0.830. The van der Waals surface area contributed by atoms with E-state index in [9.17, 15) is 18.8 Å². The number of hydrogen-bond acceptors (Lipinski definition) is 4. The van der Waals surface area contributed by atoms with Gasteiger partial charge in [0.2, 0.25) is 11.8 Å². The van der Waals surface area contributed by atoms with Crippen LogP contribution in [0.25, 0.3) is 0 Å². The number of halogens is 1. The first-order chi connectivity index (χ1) is 11.5. The lowest BCUT2D eigenvalue weighted by molar-refractivity contribution is -0.126. The fourth-order valence-electron chi connectivity index (χ4n) is 2.44. The van der Waals surface area contributed by atoms with Gasteiger partial charge in [0.25, 0.3) is 5.91 Å². The molecular weight excluding hydrogens is 333 g/mol. The molecule has 6 nitrogen and oxygen atoms in total. The molecule has 8 heteroatoms. The van der Waals surface area contributed by atoms with Crippen LogP contribution in [0.5, 0.6) is 0 Å². The summed E-state index contributed by atoms with van der Waals surface area (Å²) in [7, 11) is 0. The number of nitrogens with zero attached hydrogens (tertiary/aromatic N) is 1. The number of benzene rings is 1. The van der Waals surface area contributed by atoms with Crippen LogP contribution in [0.1, 0.15) is 16.1 Å². The van der Waals surface area contributed by atoms with Crippen molar-refractivity contribution in [3.8, 4) is 0 Å². The van der Waals surface area contributed by atoms with E-state index < -0.39 is 23.5 Å². The Labute approximate surface area is 141 Å². The van der Waals surface area contributed by atoms with E-state index in [4.69, 9.17) is 0 Å². The van der Waals surface area contributed by atoms with Crippen LogP contribution in [0.3, 0.4) is 0 Å². The third-order valence-corrected chi connectivity index (χ3v) is 4.55. The molecule has 3 amide bonds. The monoisotopic (exact) mass is 347 g/mol. The molecule has 0 unspecified atom stereocenters. The van der Waals surface area contributed by atoms with Crippen molar-refractivity contribution in [3.05, 3.63) is 52.5 Å². The molecule has 1 atom stereocenters. The van der Waals surface area contributed by atoms with Crippen molar-refractivity contribution in [2.75, 3.05) is 11.4 Å². The molecule has 24 heavy (non-hydrogen) atoms. The molecule has 124 valence electrons. The van der Waals surface area contributed by atoms with Crippen LogP contribution in [0, 0.1) is 11.7 Å². The summed E-state index contributed by atoms with van der Waals surface area (Å²) >= 11 is 1.26. The third kappa shape index (κ3) is 3.43. The molecule has 1 saturated heterocycles. The van der Waals surface area contributed by atoms with Crippen molar-refractivity contribution in [3.63, 3.8) is 0 Å². The van der Waals surface area contributed by atoms with Crippen LogP contribution in [0.2, 0.25) is 0 Å². The highest BCUT2D eigenvalue weighted by Crippen LogP contribution is 2.25. The van der Waals surface area contributed by atoms with Crippen molar-refractivity contribution in [1.29, 1.82) is 0 Å². The summed E-state index contributed by atoms with van der Waals surface area (Å²) < 4.78 is 13.0. The zero-order chi connectivity index (χ0) is 17.1. The van der Waals surface area contributed by atoms with Crippen molar-refractivity contribution in [2.45, 2.75) is 6.42 Å². The summed E-state index contributed by atoms with van der Waals surface area (Å²) in [5, 5.41) is 1.76. The summed E-state index contributed by atoms with van der Waals surface area (Å²) in [6.45, 7) is 0.186. The lowest BCUT2D eigenvalue weighted by Crippen LogP contribution is -2.44. The van der Waals surface area contributed by atoms with Gasteiger partial charge in [-0.15, -0.1) is 11.3 Å². The minimum absolute atomic E-state index is 0.0398. The molecule has 3 rings (SSSR count). The van der Waals surface area contributed by atoms with Gasteiger partial charge in [-0.25, -0.2) is 4.39 Å². The van der Waals surface area contributed by atoms with Crippen LogP contribution in [0.15, 0.2) is 41.8 Å². The first-order valence-electron chi connectivity index (χ1n) is 7.24. The predicted molar refractivity (Wildman–Crippen MR) is 86.8 cm³/mol. The second-order valence-electron chi connectivity index (χ2n) is 5.30. The van der Waals surface area contributed by atoms with Crippen molar-refractivity contribution in [2.24, 2.45) is 5.92 Å². The fourth-order valence-corrected chi connectivity index (χ4v) is 3.06. The minimum Gasteiger partial charge on any atom is -0.312 e. The Bertz CT molecular complexity index is 761. The molecule has 1 aromatic carbocycles. The lowest BCUT2D eigenvalue weighted by atomic mass is 10.1. The summed E-state index contributed by atoms with van der Waals surface area (Å²) in [5.41, 5.74) is 5.22. The molecule has 0 bridgehead atoms. The molecule has 1 aliphatic heterocycles. The number of anilines is 1. The molecule has 2 N–H and O–H groups in total. The number of hydrogen-bond donors (Lipinski definition) is 2. The van der Waals surface area contributed by atoms with Gasteiger partial charge in [0.1, 0.15) is 5.82 Å². The zero-order valence-corrected chi connectivity index (χ0v) is 13.3. The van der Waals surface area contributed by atoms with Gasteiger partial charge in [-0.05, 0) is 35.7 Å². The van der Waals surface area contributed by atoms with E-state index in [1.807, 2.05) is 0 Å². The van der Waals surface area contributed by atoms with E-state index in [2.05, 4.69) is 10.9 Å². The van der Waals surface area contributed by atoms with Gasteiger partial charge in [0, 0.05) is 18.7 Å². The van der Waals surface area contributed by atoms with E-state index in [1.165, 1.54) is 40.5 Å². The Morgan fingerprint density at radius 1 is 1.17 bits per heavy atom. The first-order valence-corrected chi connectivity index (χ1v) is 8.12. The van der Waals surface area contributed by atoms with Crippen LogP contribution >= 0.6 is 11.3 Å².